The van der Waals surface area contributed by atoms with Crippen molar-refractivity contribution in [2.75, 3.05) is 16.8 Å². The van der Waals surface area contributed by atoms with Crippen molar-refractivity contribution in [3.8, 4) is 0 Å². The molecule has 0 unspecified atom stereocenters. The normalized spacial score (nSPS) is 11.1. The van der Waals surface area contributed by atoms with Gasteiger partial charge in [-0.1, -0.05) is 18.2 Å². The molecule has 0 bridgehead atoms. The second-order valence-corrected chi connectivity index (χ2v) is 6.09. The predicted octanol–water partition coefficient (Wildman–Crippen LogP) is 3.98. The van der Waals surface area contributed by atoms with Crippen molar-refractivity contribution in [2.45, 2.75) is 20.8 Å². The summed E-state index contributed by atoms with van der Waals surface area (Å²) in [7, 11) is 0. The molecule has 0 saturated carbocycles. The number of hydrogen-bond donors (Lipinski definition) is 1. The molecular weight excluding hydrogens is 326 g/mol. The van der Waals surface area contributed by atoms with Gasteiger partial charge in [0.25, 0.3) is 0 Å². The van der Waals surface area contributed by atoms with Crippen LogP contribution in [0.5, 0.6) is 0 Å². The highest BCUT2D eigenvalue weighted by Gasteiger charge is 2.39. The minimum absolute atomic E-state index is 0.0903. The molecule has 0 fully saturated rings. The van der Waals surface area contributed by atoms with Crippen LogP contribution in [0.15, 0.2) is 48.5 Å². The van der Waals surface area contributed by atoms with Gasteiger partial charge in [-0.15, -0.1) is 0 Å². The minimum Gasteiger partial charge on any atom is -0.325 e. The number of amides is 2. The van der Waals surface area contributed by atoms with E-state index in [4.69, 9.17) is 0 Å². The van der Waals surface area contributed by atoms with E-state index in [1.807, 2.05) is 13.0 Å². The van der Waals surface area contributed by atoms with Crippen LogP contribution in [0.25, 0.3) is 0 Å². The Labute approximate surface area is 145 Å². The van der Waals surface area contributed by atoms with Gasteiger partial charge in [-0.2, -0.15) is 0 Å². The highest BCUT2D eigenvalue weighted by Crippen LogP contribution is 2.26. The third-order valence-electron chi connectivity index (χ3n) is 3.91. The minimum atomic E-state index is -1.39. The molecule has 2 rings (SSSR count). The zero-order chi connectivity index (χ0) is 18.6. The highest BCUT2D eigenvalue weighted by atomic mass is 19.2. The highest BCUT2D eigenvalue weighted by molar-refractivity contribution is 6.14. The average molecular weight is 346 g/mol. The second kappa shape index (κ2) is 7.42. The number of rotatable bonds is 5. The molecule has 0 aliphatic carbocycles. The van der Waals surface area contributed by atoms with Crippen molar-refractivity contribution in [2.24, 2.45) is 5.41 Å². The first kappa shape index (κ1) is 18.6. The largest absolute Gasteiger partial charge is 0.325 e. The molecule has 6 heteroatoms. The molecule has 2 aromatic rings. The fourth-order valence-corrected chi connectivity index (χ4v) is 2.35. The lowest BCUT2D eigenvalue weighted by atomic mass is 9.89. The molecule has 0 spiro atoms. The molecule has 0 aliphatic rings. The van der Waals surface area contributed by atoms with E-state index < -0.39 is 23.0 Å². The van der Waals surface area contributed by atoms with Gasteiger partial charge in [-0.05, 0) is 45.0 Å². The van der Waals surface area contributed by atoms with Gasteiger partial charge in [0, 0.05) is 24.0 Å². The first-order chi connectivity index (χ1) is 11.8. The van der Waals surface area contributed by atoms with Crippen LogP contribution in [0.1, 0.15) is 20.8 Å². The summed E-state index contributed by atoms with van der Waals surface area (Å²) in [6.07, 6.45) is 0. The zero-order valence-electron chi connectivity index (χ0n) is 14.3. The lowest BCUT2D eigenvalue weighted by Gasteiger charge is -2.30. The second-order valence-electron chi connectivity index (χ2n) is 6.09. The average Bonchev–Trinajstić information content (AvgIpc) is 2.59. The molecule has 0 atom stereocenters. The lowest BCUT2D eigenvalue weighted by molar-refractivity contribution is -0.136. The first-order valence-electron chi connectivity index (χ1n) is 7.91. The molecule has 132 valence electrons. The van der Waals surface area contributed by atoms with Crippen molar-refractivity contribution in [3.63, 3.8) is 0 Å². The van der Waals surface area contributed by atoms with Crippen molar-refractivity contribution in [1.29, 1.82) is 0 Å². The Bertz CT molecular complexity index is 776. The van der Waals surface area contributed by atoms with Gasteiger partial charge in [0.2, 0.25) is 11.8 Å². The third-order valence-corrected chi connectivity index (χ3v) is 3.91. The Morgan fingerprint density at radius 1 is 1.04 bits per heavy atom. The van der Waals surface area contributed by atoms with Crippen molar-refractivity contribution >= 4 is 23.2 Å². The molecule has 0 aliphatic heterocycles. The summed E-state index contributed by atoms with van der Waals surface area (Å²) in [6.45, 7) is 5.20. The van der Waals surface area contributed by atoms with Gasteiger partial charge < -0.3 is 10.2 Å². The Kier molecular flexibility index (Phi) is 5.51. The Hall–Kier alpha value is -2.76. The van der Waals surface area contributed by atoms with Crippen LogP contribution >= 0.6 is 0 Å². The number of nitrogens with one attached hydrogen (secondary N) is 1. The SMILES string of the molecule is CCN(C(=O)C(C)(C)C(=O)Nc1ccc(F)c(F)c1)c1ccccc1. The van der Waals surface area contributed by atoms with E-state index in [0.717, 1.165) is 12.1 Å². The topological polar surface area (TPSA) is 49.4 Å². The maximum Gasteiger partial charge on any atom is 0.242 e. The lowest BCUT2D eigenvalue weighted by Crippen LogP contribution is -2.47. The maximum absolute atomic E-state index is 13.3. The number of hydrogen-bond acceptors (Lipinski definition) is 2. The molecule has 0 aromatic heterocycles. The van der Waals surface area contributed by atoms with E-state index in [9.17, 15) is 18.4 Å². The van der Waals surface area contributed by atoms with Crippen LogP contribution < -0.4 is 10.2 Å². The molecule has 0 saturated heterocycles. The fourth-order valence-electron chi connectivity index (χ4n) is 2.35. The quantitative estimate of drug-likeness (QED) is 0.833. The van der Waals surface area contributed by atoms with Crippen LogP contribution in [-0.4, -0.2) is 18.4 Å². The first-order valence-corrected chi connectivity index (χ1v) is 7.91. The van der Waals surface area contributed by atoms with Gasteiger partial charge in [-0.3, -0.25) is 9.59 Å². The van der Waals surface area contributed by atoms with E-state index in [1.165, 1.54) is 24.8 Å². The molecule has 1 N–H and O–H groups in total. The smallest absolute Gasteiger partial charge is 0.242 e. The number of halogens is 2. The summed E-state index contributed by atoms with van der Waals surface area (Å²) in [4.78, 5) is 26.9. The summed E-state index contributed by atoms with van der Waals surface area (Å²) < 4.78 is 26.3. The van der Waals surface area contributed by atoms with Crippen LogP contribution in [0.2, 0.25) is 0 Å². The van der Waals surface area contributed by atoms with Gasteiger partial charge in [0.05, 0.1) is 0 Å². The van der Waals surface area contributed by atoms with E-state index in [1.54, 1.807) is 24.3 Å². The Balaban J connectivity index is 2.21. The predicted molar refractivity (Wildman–Crippen MR) is 93.2 cm³/mol. The molecule has 25 heavy (non-hydrogen) atoms. The van der Waals surface area contributed by atoms with Crippen molar-refractivity contribution < 1.29 is 18.4 Å². The van der Waals surface area contributed by atoms with Gasteiger partial charge >= 0.3 is 0 Å². The maximum atomic E-state index is 13.3. The summed E-state index contributed by atoms with van der Waals surface area (Å²) in [5, 5.41) is 2.47. The van der Waals surface area contributed by atoms with Crippen LogP contribution in [0.4, 0.5) is 20.2 Å². The Morgan fingerprint density at radius 3 is 2.24 bits per heavy atom. The number of carbonyl (C=O) groups excluding carboxylic acids is 2. The molecule has 2 aromatic carbocycles. The number of benzene rings is 2. The van der Waals surface area contributed by atoms with Crippen LogP contribution in [0.3, 0.4) is 0 Å². The van der Waals surface area contributed by atoms with Crippen molar-refractivity contribution in [1.82, 2.24) is 0 Å². The number of anilines is 2. The Morgan fingerprint density at radius 2 is 1.68 bits per heavy atom. The summed E-state index contributed by atoms with van der Waals surface area (Å²) in [5.41, 5.74) is -0.618. The number of nitrogens with zero attached hydrogens (tertiary/aromatic N) is 1. The number of para-hydroxylation sites is 1. The van der Waals surface area contributed by atoms with Crippen LogP contribution in [-0.2, 0) is 9.59 Å². The fraction of sp³-hybridized carbons (Fsp3) is 0.263. The standard InChI is InChI=1S/C19H20F2N2O2/c1-4-23(14-8-6-5-7-9-14)18(25)19(2,3)17(24)22-13-10-11-15(20)16(21)12-13/h5-12H,4H2,1-3H3,(H,22,24). The molecular formula is C19H20F2N2O2. The number of carbonyl (C=O) groups is 2. The molecule has 2 amide bonds. The van der Waals surface area contributed by atoms with Gasteiger partial charge in [0.15, 0.2) is 11.6 Å². The molecule has 0 radical (unpaired) electrons. The van der Waals surface area contributed by atoms with Crippen LogP contribution in [0, 0.1) is 17.0 Å². The van der Waals surface area contributed by atoms with Crippen molar-refractivity contribution in [3.05, 3.63) is 60.2 Å². The van der Waals surface area contributed by atoms with Gasteiger partial charge in [0.1, 0.15) is 5.41 Å². The third kappa shape index (κ3) is 4.02. The van der Waals surface area contributed by atoms with E-state index in [2.05, 4.69) is 5.32 Å². The summed E-state index contributed by atoms with van der Waals surface area (Å²) in [5.74, 6) is -3.06. The molecule has 0 heterocycles. The summed E-state index contributed by atoms with van der Waals surface area (Å²) in [6, 6.07) is 12.0. The molecule has 4 nitrogen and oxygen atoms in total. The summed E-state index contributed by atoms with van der Waals surface area (Å²) >= 11 is 0. The van der Waals surface area contributed by atoms with E-state index in [-0.39, 0.29) is 11.6 Å². The monoisotopic (exact) mass is 346 g/mol. The van der Waals surface area contributed by atoms with Gasteiger partial charge in [-0.25, -0.2) is 8.78 Å². The van der Waals surface area contributed by atoms with E-state index >= 15 is 0 Å². The van der Waals surface area contributed by atoms with E-state index in [0.29, 0.717) is 12.2 Å². The zero-order valence-corrected chi connectivity index (χ0v) is 14.3.